The summed E-state index contributed by atoms with van der Waals surface area (Å²) in [6, 6.07) is 3.83. The summed E-state index contributed by atoms with van der Waals surface area (Å²) >= 11 is 0. The molecule has 0 radical (unpaired) electrons. The smallest absolute Gasteiger partial charge is 0.304 e. The fourth-order valence-corrected chi connectivity index (χ4v) is 1.95. The highest BCUT2D eigenvalue weighted by atomic mass is 16.4. The van der Waals surface area contributed by atoms with Gasteiger partial charge in [0.2, 0.25) is 5.91 Å². The first-order valence-electron chi connectivity index (χ1n) is 7.04. The molecule has 0 bridgehead atoms. The number of likely N-dealkylation sites (N-methyl/N-ethyl adjacent to an activating group) is 1. The molecule has 1 aromatic rings. The molecule has 21 heavy (non-hydrogen) atoms. The van der Waals surface area contributed by atoms with Crippen LogP contribution in [-0.4, -0.2) is 53.0 Å². The van der Waals surface area contributed by atoms with Crippen LogP contribution in [0.5, 0.6) is 0 Å². The van der Waals surface area contributed by atoms with Crippen molar-refractivity contribution in [2.75, 3.05) is 20.1 Å². The number of carboxylic acid groups (broad SMARTS) is 1. The highest BCUT2D eigenvalue weighted by molar-refractivity contribution is 5.78. The van der Waals surface area contributed by atoms with Crippen LogP contribution in [0.1, 0.15) is 31.8 Å². The maximum Gasteiger partial charge on any atom is 0.304 e. The molecule has 1 N–H and O–H groups in total. The fourth-order valence-electron chi connectivity index (χ4n) is 1.95. The number of carbonyl (C=O) groups is 2. The molecule has 0 aliphatic carbocycles. The van der Waals surface area contributed by atoms with Crippen molar-refractivity contribution in [3.63, 3.8) is 0 Å². The monoisotopic (exact) mass is 296 g/mol. The lowest BCUT2D eigenvalue weighted by molar-refractivity contribution is -0.138. The van der Waals surface area contributed by atoms with Gasteiger partial charge in [0.05, 0.1) is 19.5 Å². The van der Waals surface area contributed by atoms with Crippen LogP contribution < -0.4 is 0 Å². The van der Waals surface area contributed by atoms with Gasteiger partial charge in [-0.25, -0.2) is 0 Å². The fraction of sp³-hybridized carbons (Fsp3) is 0.600. The first-order chi connectivity index (χ1) is 9.79. The highest BCUT2D eigenvalue weighted by Gasteiger charge is 2.18. The first-order valence-corrected chi connectivity index (χ1v) is 7.04. The SMILES string of the molecule is Cc1ccc(CN(C)C(=O)CN(CCC(=O)O)C(C)C)o1. The maximum absolute atomic E-state index is 12.2. The molecule has 0 fully saturated rings. The van der Waals surface area contributed by atoms with E-state index in [-0.39, 0.29) is 24.9 Å². The molecule has 0 saturated carbocycles. The average Bonchev–Trinajstić information content (AvgIpc) is 2.78. The zero-order chi connectivity index (χ0) is 16.0. The van der Waals surface area contributed by atoms with E-state index in [1.54, 1.807) is 11.9 Å². The largest absolute Gasteiger partial charge is 0.481 e. The van der Waals surface area contributed by atoms with E-state index in [4.69, 9.17) is 9.52 Å². The van der Waals surface area contributed by atoms with Gasteiger partial charge < -0.3 is 14.4 Å². The van der Waals surface area contributed by atoms with E-state index in [1.807, 2.05) is 37.8 Å². The van der Waals surface area contributed by atoms with Crippen molar-refractivity contribution in [2.24, 2.45) is 0 Å². The number of rotatable bonds is 8. The molecule has 0 unspecified atom stereocenters. The molecule has 0 spiro atoms. The van der Waals surface area contributed by atoms with E-state index >= 15 is 0 Å². The lowest BCUT2D eigenvalue weighted by atomic mass is 10.2. The van der Waals surface area contributed by atoms with Gasteiger partial charge in [0.25, 0.3) is 0 Å². The van der Waals surface area contributed by atoms with Crippen molar-refractivity contribution < 1.29 is 19.1 Å². The van der Waals surface area contributed by atoms with E-state index in [0.717, 1.165) is 11.5 Å². The number of amides is 1. The number of carbonyl (C=O) groups excluding carboxylic acids is 1. The normalized spacial score (nSPS) is 11.1. The average molecular weight is 296 g/mol. The standard InChI is InChI=1S/C15H24N2O4/c1-11(2)17(8-7-15(19)20)10-14(18)16(4)9-13-6-5-12(3)21-13/h5-6,11H,7-10H2,1-4H3,(H,19,20). The quantitative estimate of drug-likeness (QED) is 0.791. The van der Waals surface area contributed by atoms with Crippen LogP contribution in [0.3, 0.4) is 0 Å². The molecule has 0 aliphatic rings. The second kappa shape index (κ2) is 7.83. The summed E-state index contributed by atoms with van der Waals surface area (Å²) in [6.45, 7) is 6.75. The lowest BCUT2D eigenvalue weighted by Gasteiger charge is -2.27. The van der Waals surface area contributed by atoms with E-state index in [1.165, 1.54) is 0 Å². The minimum Gasteiger partial charge on any atom is -0.481 e. The number of aryl methyl sites for hydroxylation is 1. The third kappa shape index (κ3) is 5.99. The zero-order valence-corrected chi connectivity index (χ0v) is 13.1. The van der Waals surface area contributed by atoms with Crippen molar-refractivity contribution in [3.05, 3.63) is 23.7 Å². The Balaban J connectivity index is 2.53. The molecule has 1 heterocycles. The molecule has 1 aromatic heterocycles. The first kappa shape index (κ1) is 17.2. The molecular formula is C15H24N2O4. The predicted molar refractivity (Wildman–Crippen MR) is 78.9 cm³/mol. The number of hydrogen-bond donors (Lipinski definition) is 1. The number of nitrogens with zero attached hydrogens (tertiary/aromatic N) is 2. The Morgan fingerprint density at radius 1 is 1.33 bits per heavy atom. The molecular weight excluding hydrogens is 272 g/mol. The Hall–Kier alpha value is -1.82. The third-order valence-corrected chi connectivity index (χ3v) is 3.30. The van der Waals surface area contributed by atoms with Crippen LogP contribution in [0.4, 0.5) is 0 Å². The molecule has 1 rings (SSSR count). The maximum atomic E-state index is 12.2. The van der Waals surface area contributed by atoms with Crippen molar-refractivity contribution >= 4 is 11.9 Å². The highest BCUT2D eigenvalue weighted by Crippen LogP contribution is 2.09. The minimum absolute atomic E-state index is 0.0343. The van der Waals surface area contributed by atoms with Crippen molar-refractivity contribution in [3.8, 4) is 0 Å². The van der Waals surface area contributed by atoms with Gasteiger partial charge in [-0.2, -0.15) is 0 Å². The number of carboxylic acids is 1. The molecule has 6 heteroatoms. The van der Waals surface area contributed by atoms with Gasteiger partial charge in [-0.3, -0.25) is 14.5 Å². The van der Waals surface area contributed by atoms with E-state index in [0.29, 0.717) is 13.1 Å². The second-order valence-electron chi connectivity index (χ2n) is 5.47. The predicted octanol–water partition coefficient (Wildman–Crippen LogP) is 1.73. The van der Waals surface area contributed by atoms with E-state index < -0.39 is 5.97 Å². The molecule has 6 nitrogen and oxygen atoms in total. The summed E-state index contributed by atoms with van der Waals surface area (Å²) in [5.74, 6) is 0.650. The number of aliphatic carboxylic acids is 1. The molecule has 0 saturated heterocycles. The Morgan fingerprint density at radius 2 is 2.00 bits per heavy atom. The summed E-state index contributed by atoms with van der Waals surface area (Å²) in [5.41, 5.74) is 0. The molecule has 0 aromatic carbocycles. The van der Waals surface area contributed by atoms with Gasteiger partial charge >= 0.3 is 5.97 Å². The number of furan rings is 1. The van der Waals surface area contributed by atoms with E-state index in [2.05, 4.69) is 0 Å². The van der Waals surface area contributed by atoms with Gasteiger partial charge in [0.1, 0.15) is 11.5 Å². The Labute approximate surface area is 125 Å². The topological polar surface area (TPSA) is 74.0 Å². The Morgan fingerprint density at radius 3 is 2.48 bits per heavy atom. The summed E-state index contributed by atoms with van der Waals surface area (Å²) in [7, 11) is 1.72. The van der Waals surface area contributed by atoms with Crippen molar-refractivity contribution in [1.29, 1.82) is 0 Å². The van der Waals surface area contributed by atoms with Crippen LogP contribution in [0.25, 0.3) is 0 Å². The van der Waals surface area contributed by atoms with Gasteiger partial charge in [-0.05, 0) is 32.9 Å². The molecule has 1 amide bonds. The van der Waals surface area contributed by atoms with Crippen LogP contribution in [0, 0.1) is 6.92 Å². The Bertz CT molecular complexity index is 482. The summed E-state index contributed by atoms with van der Waals surface area (Å²) in [4.78, 5) is 26.3. The molecule has 0 atom stereocenters. The van der Waals surface area contributed by atoms with Crippen molar-refractivity contribution in [1.82, 2.24) is 9.80 Å². The minimum atomic E-state index is -0.854. The van der Waals surface area contributed by atoms with Gasteiger partial charge in [-0.1, -0.05) is 0 Å². The number of hydrogen-bond acceptors (Lipinski definition) is 4. The lowest BCUT2D eigenvalue weighted by Crippen LogP contribution is -2.42. The van der Waals surface area contributed by atoms with Crippen LogP contribution in [-0.2, 0) is 16.1 Å². The zero-order valence-electron chi connectivity index (χ0n) is 13.1. The second-order valence-corrected chi connectivity index (χ2v) is 5.47. The van der Waals surface area contributed by atoms with Gasteiger partial charge in [0.15, 0.2) is 0 Å². The van der Waals surface area contributed by atoms with Gasteiger partial charge in [0, 0.05) is 19.6 Å². The molecule has 0 aliphatic heterocycles. The van der Waals surface area contributed by atoms with Gasteiger partial charge in [-0.15, -0.1) is 0 Å². The molecule has 118 valence electrons. The summed E-state index contributed by atoms with van der Waals surface area (Å²) in [5, 5.41) is 8.75. The Kier molecular flexibility index (Phi) is 6.42. The van der Waals surface area contributed by atoms with Crippen LogP contribution in [0.2, 0.25) is 0 Å². The van der Waals surface area contributed by atoms with Crippen LogP contribution >= 0.6 is 0 Å². The summed E-state index contributed by atoms with van der Waals surface area (Å²) < 4.78 is 5.45. The third-order valence-electron chi connectivity index (χ3n) is 3.30. The summed E-state index contributed by atoms with van der Waals surface area (Å²) in [6.07, 6.45) is 0.0343. The van der Waals surface area contributed by atoms with E-state index in [9.17, 15) is 9.59 Å². The van der Waals surface area contributed by atoms with Crippen molar-refractivity contribution in [2.45, 2.75) is 39.8 Å². The van der Waals surface area contributed by atoms with Crippen LogP contribution in [0.15, 0.2) is 16.5 Å².